The number of nitrogens with zero attached hydrogens (tertiary/aromatic N) is 2. The van der Waals surface area contributed by atoms with Gasteiger partial charge < -0.3 is 24.8 Å². The van der Waals surface area contributed by atoms with Crippen LogP contribution in [0.1, 0.15) is 101 Å². The fourth-order valence-corrected chi connectivity index (χ4v) is 4.84. The van der Waals surface area contributed by atoms with E-state index >= 15 is 0 Å². The summed E-state index contributed by atoms with van der Waals surface area (Å²) in [4.78, 5) is 0. The first-order valence-corrected chi connectivity index (χ1v) is 11.9. The molecule has 0 N–H and O–H groups in total. The summed E-state index contributed by atoms with van der Waals surface area (Å²) in [6.07, 6.45) is 4.43. The number of para-hydroxylation sites is 2. The number of benzene rings is 2. The minimum absolute atomic E-state index is 0. The molecular formula is C27H36Cl2N2Pd. The normalized spacial score (nSPS) is 11.3. The predicted octanol–water partition coefficient (Wildman–Crippen LogP) is 1.85. The number of rotatable bonds is 6. The molecule has 0 bridgehead atoms. The molecule has 0 aliphatic rings. The summed E-state index contributed by atoms with van der Waals surface area (Å²) in [7, 11) is 0. The van der Waals surface area contributed by atoms with Gasteiger partial charge in [-0.25, -0.2) is 0 Å². The van der Waals surface area contributed by atoms with Crippen molar-refractivity contribution in [2.24, 2.45) is 0 Å². The molecule has 0 saturated carbocycles. The standard InChI is InChI=1S/C27H36N2.2ClH.Pd/c1-18(2)22-11-9-12-23(19(3)4)26(22)28-15-16-29(17-28)27-24(20(5)6)13-10-14-25(27)21(7)8;;;/h9-16,18-21H,1-8H3;2*1H;/q;;;+2/p-2. The van der Waals surface area contributed by atoms with Crippen LogP contribution in [0.25, 0.3) is 11.4 Å². The molecule has 1 aromatic heterocycles. The zero-order chi connectivity index (χ0) is 22.2. The Balaban J connectivity index is 0.00000256. The van der Waals surface area contributed by atoms with E-state index in [2.05, 4.69) is 132 Å². The molecular weight excluding hydrogens is 530 g/mol. The molecule has 5 heteroatoms. The summed E-state index contributed by atoms with van der Waals surface area (Å²) in [6.45, 7) is 18.2. The second-order valence-electron chi connectivity index (χ2n) is 9.47. The fourth-order valence-electron chi connectivity index (χ4n) is 4.26. The van der Waals surface area contributed by atoms with E-state index in [1.54, 1.807) is 0 Å². The minimum atomic E-state index is 0. The maximum Gasteiger partial charge on any atom is -1.00 e. The molecule has 0 fully saturated rings. The third-order valence-corrected chi connectivity index (χ3v) is 6.65. The molecule has 32 heavy (non-hydrogen) atoms. The van der Waals surface area contributed by atoms with E-state index in [0.717, 1.165) is 3.89 Å². The molecule has 1 heterocycles. The van der Waals surface area contributed by atoms with Gasteiger partial charge in [0, 0.05) is 0 Å². The van der Waals surface area contributed by atoms with Crippen LogP contribution in [0.5, 0.6) is 0 Å². The van der Waals surface area contributed by atoms with Crippen LogP contribution in [0.15, 0.2) is 48.8 Å². The molecule has 0 saturated heterocycles. The van der Waals surface area contributed by atoms with Gasteiger partial charge in [0.25, 0.3) is 0 Å². The summed E-state index contributed by atoms with van der Waals surface area (Å²) in [5.74, 6) is 1.83. The third-order valence-electron chi connectivity index (χ3n) is 5.90. The van der Waals surface area contributed by atoms with Crippen molar-refractivity contribution in [2.75, 3.05) is 0 Å². The van der Waals surface area contributed by atoms with E-state index in [4.69, 9.17) is 0 Å². The van der Waals surface area contributed by atoms with Gasteiger partial charge in [-0.1, -0.05) is 0 Å². The summed E-state index contributed by atoms with van der Waals surface area (Å²) in [5.41, 5.74) is 8.18. The van der Waals surface area contributed by atoms with E-state index in [1.165, 1.54) is 33.6 Å². The maximum absolute atomic E-state index is 3.64. The van der Waals surface area contributed by atoms with Crippen LogP contribution < -0.4 is 24.8 Å². The Morgan fingerprint density at radius 3 is 1.00 bits per heavy atom. The average molecular weight is 566 g/mol. The average Bonchev–Trinajstić information content (AvgIpc) is 3.07. The van der Waals surface area contributed by atoms with Crippen molar-refractivity contribution in [1.82, 2.24) is 9.13 Å². The Bertz CT molecular complexity index is 955. The zero-order valence-corrected chi connectivity index (χ0v) is 23.5. The summed E-state index contributed by atoms with van der Waals surface area (Å²) in [5, 5.41) is 0. The van der Waals surface area contributed by atoms with Gasteiger partial charge in [-0.3, -0.25) is 0 Å². The molecule has 0 spiro atoms. The summed E-state index contributed by atoms with van der Waals surface area (Å²) >= 11 is 3.64. The van der Waals surface area contributed by atoms with Crippen molar-refractivity contribution in [3.05, 3.63) is 74.9 Å². The molecule has 178 valence electrons. The van der Waals surface area contributed by atoms with Gasteiger partial charge in [-0.15, -0.1) is 0 Å². The number of aromatic nitrogens is 2. The van der Waals surface area contributed by atoms with Crippen molar-refractivity contribution in [3.63, 3.8) is 0 Å². The van der Waals surface area contributed by atoms with Gasteiger partial charge in [0.2, 0.25) is 0 Å². The summed E-state index contributed by atoms with van der Waals surface area (Å²) < 4.78 is 5.78. The van der Waals surface area contributed by atoms with Gasteiger partial charge in [0.1, 0.15) is 0 Å². The van der Waals surface area contributed by atoms with Crippen LogP contribution in [0.3, 0.4) is 0 Å². The van der Waals surface area contributed by atoms with Gasteiger partial charge >= 0.3 is 193 Å². The van der Waals surface area contributed by atoms with E-state index < -0.39 is 0 Å². The molecule has 3 rings (SSSR count). The number of halogens is 2. The molecule has 2 aromatic carbocycles. The van der Waals surface area contributed by atoms with Crippen molar-refractivity contribution >= 4 is 0 Å². The number of hydrogen-bond acceptors (Lipinski definition) is 0. The summed E-state index contributed by atoms with van der Waals surface area (Å²) in [6, 6.07) is 13.5. The van der Waals surface area contributed by atoms with E-state index in [-0.39, 0.29) is 24.8 Å². The molecule has 2 nitrogen and oxygen atoms in total. The zero-order valence-electron chi connectivity index (χ0n) is 20.4. The predicted molar refractivity (Wildman–Crippen MR) is 125 cm³/mol. The SMILES string of the molecule is CC(C)c1cccc(C(C)C)c1-n1ccn(-c2c(C(C)C)cccc2C(C)C)[c]1=[Pd+2].[Cl-].[Cl-]. The quantitative estimate of drug-likeness (QED) is 0.404. The van der Waals surface area contributed by atoms with E-state index in [1.807, 2.05) is 0 Å². The van der Waals surface area contributed by atoms with Crippen molar-refractivity contribution in [1.29, 1.82) is 0 Å². The van der Waals surface area contributed by atoms with Crippen molar-refractivity contribution in [3.8, 4) is 11.4 Å². The maximum atomic E-state index is 3.64. The van der Waals surface area contributed by atoms with Gasteiger partial charge in [-0.05, 0) is 0 Å². The second-order valence-corrected chi connectivity index (χ2v) is 10.2. The molecule has 0 amide bonds. The Morgan fingerprint density at radius 2 is 0.781 bits per heavy atom. The second kappa shape index (κ2) is 11.8. The van der Waals surface area contributed by atoms with Gasteiger partial charge in [-0.2, -0.15) is 0 Å². The van der Waals surface area contributed by atoms with Crippen LogP contribution in [-0.4, -0.2) is 9.13 Å². The van der Waals surface area contributed by atoms with Crippen LogP contribution >= 0.6 is 0 Å². The smallest absolute Gasteiger partial charge is 1.00 e. The molecule has 0 radical (unpaired) electrons. The van der Waals surface area contributed by atoms with E-state index in [9.17, 15) is 0 Å². The monoisotopic (exact) mass is 564 g/mol. The fraction of sp³-hybridized carbons (Fsp3) is 0.444. The van der Waals surface area contributed by atoms with Crippen molar-refractivity contribution < 1.29 is 43.6 Å². The molecule has 0 atom stereocenters. The Kier molecular flexibility index (Phi) is 10.7. The molecule has 3 aromatic rings. The van der Waals surface area contributed by atoms with Gasteiger partial charge in [0.15, 0.2) is 0 Å². The third kappa shape index (κ3) is 5.51. The van der Waals surface area contributed by atoms with Crippen LogP contribution in [0.4, 0.5) is 0 Å². The Morgan fingerprint density at radius 1 is 0.531 bits per heavy atom. The molecule has 0 aliphatic heterocycles. The first kappa shape index (κ1) is 28.9. The van der Waals surface area contributed by atoms with Crippen molar-refractivity contribution in [2.45, 2.75) is 79.1 Å². The van der Waals surface area contributed by atoms with Crippen LogP contribution in [-0.2, 0) is 18.7 Å². The van der Waals surface area contributed by atoms with E-state index in [0.29, 0.717) is 23.7 Å². The topological polar surface area (TPSA) is 9.86 Å². The molecule has 0 aliphatic carbocycles. The van der Waals surface area contributed by atoms with Crippen LogP contribution in [0, 0.1) is 3.89 Å². The molecule has 0 unspecified atom stereocenters. The first-order chi connectivity index (χ1) is 14.1. The van der Waals surface area contributed by atoms with Crippen LogP contribution in [0.2, 0.25) is 0 Å². The Hall–Kier alpha value is -1.11. The number of imidazole rings is 1. The number of hydrogen-bond donors (Lipinski definition) is 0. The Labute approximate surface area is 217 Å². The minimum Gasteiger partial charge on any atom is -1.00 e. The largest absolute Gasteiger partial charge is 1.00 e. The van der Waals surface area contributed by atoms with Gasteiger partial charge in [0.05, 0.1) is 0 Å². The first-order valence-electron chi connectivity index (χ1n) is 11.2.